The van der Waals surface area contributed by atoms with Gasteiger partial charge < -0.3 is 10.3 Å². The summed E-state index contributed by atoms with van der Waals surface area (Å²) in [7, 11) is 0. The molecule has 1 aromatic carbocycles. The third kappa shape index (κ3) is 2.75. The Morgan fingerprint density at radius 3 is 2.88 bits per heavy atom. The molecule has 0 saturated heterocycles. The SMILES string of the molecule is O=C(NCC1CCCCC1)c1nccc2c1[nH]c1cc(F)ccc12. The summed E-state index contributed by atoms with van der Waals surface area (Å²) < 4.78 is 13.4. The van der Waals surface area contributed by atoms with Crippen LogP contribution in [0.4, 0.5) is 4.39 Å². The van der Waals surface area contributed by atoms with E-state index in [9.17, 15) is 9.18 Å². The first-order valence-corrected chi connectivity index (χ1v) is 8.56. The number of nitrogens with one attached hydrogen (secondary N) is 2. The molecular formula is C19H20FN3O. The Morgan fingerprint density at radius 1 is 1.21 bits per heavy atom. The molecule has 5 heteroatoms. The second-order valence-electron chi connectivity index (χ2n) is 6.61. The largest absolute Gasteiger partial charge is 0.352 e. The number of amides is 1. The summed E-state index contributed by atoms with van der Waals surface area (Å²) in [5, 5.41) is 4.81. The van der Waals surface area contributed by atoms with Crippen molar-refractivity contribution in [3.05, 3.63) is 42.0 Å². The molecule has 1 amide bonds. The third-order valence-electron chi connectivity index (χ3n) is 4.97. The number of carbonyl (C=O) groups is 1. The molecule has 1 fully saturated rings. The molecule has 0 atom stereocenters. The van der Waals surface area contributed by atoms with E-state index in [2.05, 4.69) is 15.3 Å². The minimum absolute atomic E-state index is 0.168. The van der Waals surface area contributed by atoms with E-state index in [0.29, 0.717) is 29.2 Å². The highest BCUT2D eigenvalue weighted by atomic mass is 19.1. The zero-order valence-corrected chi connectivity index (χ0v) is 13.4. The molecular weight excluding hydrogens is 305 g/mol. The Bertz CT molecular complexity index is 896. The molecule has 0 bridgehead atoms. The second kappa shape index (κ2) is 6.23. The summed E-state index contributed by atoms with van der Waals surface area (Å²) in [5.41, 5.74) is 1.72. The maximum Gasteiger partial charge on any atom is 0.272 e. The van der Waals surface area contributed by atoms with Crippen molar-refractivity contribution in [2.45, 2.75) is 32.1 Å². The van der Waals surface area contributed by atoms with Crippen molar-refractivity contribution in [1.29, 1.82) is 0 Å². The molecule has 4 nitrogen and oxygen atoms in total. The van der Waals surface area contributed by atoms with Crippen molar-refractivity contribution in [2.24, 2.45) is 5.92 Å². The average molecular weight is 325 g/mol. The highest BCUT2D eigenvalue weighted by molar-refractivity contribution is 6.13. The van der Waals surface area contributed by atoms with Gasteiger partial charge in [-0.25, -0.2) is 9.37 Å². The summed E-state index contributed by atoms with van der Waals surface area (Å²) in [4.78, 5) is 20.0. The lowest BCUT2D eigenvalue weighted by molar-refractivity contribution is 0.0940. The van der Waals surface area contributed by atoms with Crippen LogP contribution < -0.4 is 5.32 Å². The number of hydrogen-bond acceptors (Lipinski definition) is 2. The molecule has 0 spiro atoms. The quantitative estimate of drug-likeness (QED) is 0.759. The van der Waals surface area contributed by atoms with Gasteiger partial charge in [0.1, 0.15) is 5.82 Å². The lowest BCUT2D eigenvalue weighted by atomic mass is 9.89. The lowest BCUT2D eigenvalue weighted by Crippen LogP contribution is -2.31. The predicted octanol–water partition coefficient (Wildman–Crippen LogP) is 4.17. The van der Waals surface area contributed by atoms with E-state index in [-0.39, 0.29) is 11.7 Å². The first kappa shape index (κ1) is 15.1. The predicted molar refractivity (Wildman–Crippen MR) is 92.5 cm³/mol. The monoisotopic (exact) mass is 325 g/mol. The molecule has 4 rings (SSSR count). The first-order chi connectivity index (χ1) is 11.7. The number of aromatic amines is 1. The molecule has 2 heterocycles. The van der Waals surface area contributed by atoms with Gasteiger partial charge >= 0.3 is 0 Å². The molecule has 0 unspecified atom stereocenters. The van der Waals surface area contributed by atoms with Crippen molar-refractivity contribution in [2.75, 3.05) is 6.54 Å². The van der Waals surface area contributed by atoms with Crippen LogP contribution in [-0.2, 0) is 0 Å². The van der Waals surface area contributed by atoms with E-state index >= 15 is 0 Å². The van der Waals surface area contributed by atoms with Crippen LogP contribution in [0.15, 0.2) is 30.5 Å². The molecule has 124 valence electrons. The molecule has 1 aliphatic rings. The van der Waals surface area contributed by atoms with Crippen LogP contribution in [0.25, 0.3) is 21.8 Å². The Hall–Kier alpha value is -2.43. The van der Waals surface area contributed by atoms with Crippen molar-refractivity contribution < 1.29 is 9.18 Å². The molecule has 2 N–H and O–H groups in total. The Labute approximate surface area is 139 Å². The van der Waals surface area contributed by atoms with E-state index in [1.165, 1.54) is 44.2 Å². The maximum atomic E-state index is 13.4. The third-order valence-corrected chi connectivity index (χ3v) is 4.97. The van der Waals surface area contributed by atoms with Crippen molar-refractivity contribution in [3.8, 4) is 0 Å². The normalized spacial score (nSPS) is 15.9. The molecule has 24 heavy (non-hydrogen) atoms. The van der Waals surface area contributed by atoms with Crippen molar-refractivity contribution in [1.82, 2.24) is 15.3 Å². The number of pyridine rings is 1. The number of hydrogen-bond donors (Lipinski definition) is 2. The van der Waals surface area contributed by atoms with Crippen molar-refractivity contribution >= 4 is 27.7 Å². The fourth-order valence-corrected chi connectivity index (χ4v) is 3.69. The van der Waals surface area contributed by atoms with Gasteiger partial charge in [0.15, 0.2) is 5.69 Å². The first-order valence-electron chi connectivity index (χ1n) is 8.56. The van der Waals surface area contributed by atoms with Gasteiger partial charge in [0.2, 0.25) is 0 Å². The van der Waals surface area contributed by atoms with Gasteiger partial charge in [-0.1, -0.05) is 19.3 Å². The van der Waals surface area contributed by atoms with Gasteiger partial charge in [-0.15, -0.1) is 0 Å². The van der Waals surface area contributed by atoms with E-state index in [4.69, 9.17) is 0 Å². The highest BCUT2D eigenvalue weighted by Crippen LogP contribution is 2.27. The number of H-pyrrole nitrogens is 1. The number of aromatic nitrogens is 2. The smallest absolute Gasteiger partial charge is 0.272 e. The van der Waals surface area contributed by atoms with E-state index in [1.807, 2.05) is 6.07 Å². The van der Waals surface area contributed by atoms with Gasteiger partial charge in [-0.2, -0.15) is 0 Å². The van der Waals surface area contributed by atoms with E-state index in [0.717, 1.165) is 10.8 Å². The molecule has 3 aromatic rings. The van der Waals surface area contributed by atoms with Gasteiger partial charge in [0, 0.05) is 29.0 Å². The molecule has 2 aromatic heterocycles. The summed E-state index contributed by atoms with van der Waals surface area (Å²) in [5.74, 6) is 0.0993. The van der Waals surface area contributed by atoms with Crippen LogP contribution in [0.1, 0.15) is 42.6 Å². The standard InChI is InChI=1S/C19H20FN3O/c20-13-6-7-14-15-8-9-21-18(17(15)23-16(14)10-13)19(24)22-11-12-4-2-1-3-5-12/h6-10,12,23H,1-5,11H2,(H,22,24). The molecule has 0 radical (unpaired) electrons. The Balaban J connectivity index is 1.63. The topological polar surface area (TPSA) is 57.8 Å². The maximum absolute atomic E-state index is 13.4. The van der Waals surface area contributed by atoms with Gasteiger partial charge in [0.25, 0.3) is 5.91 Å². The zero-order chi connectivity index (χ0) is 16.5. The van der Waals surface area contributed by atoms with Crippen LogP contribution >= 0.6 is 0 Å². The van der Waals surface area contributed by atoms with Crippen LogP contribution in [-0.4, -0.2) is 22.4 Å². The number of carbonyl (C=O) groups excluding carboxylic acids is 1. The summed E-state index contributed by atoms with van der Waals surface area (Å²) in [6.07, 6.45) is 7.81. The highest BCUT2D eigenvalue weighted by Gasteiger charge is 2.18. The van der Waals surface area contributed by atoms with Crippen LogP contribution in [0.5, 0.6) is 0 Å². The Morgan fingerprint density at radius 2 is 2.04 bits per heavy atom. The fraction of sp³-hybridized carbons (Fsp3) is 0.368. The molecule has 0 aliphatic heterocycles. The number of nitrogens with zero attached hydrogens (tertiary/aromatic N) is 1. The summed E-state index contributed by atoms with van der Waals surface area (Å²) >= 11 is 0. The summed E-state index contributed by atoms with van der Waals surface area (Å²) in [6.45, 7) is 0.700. The zero-order valence-electron chi connectivity index (χ0n) is 13.4. The van der Waals surface area contributed by atoms with E-state index < -0.39 is 0 Å². The van der Waals surface area contributed by atoms with Gasteiger partial charge in [-0.05, 0) is 43.0 Å². The number of rotatable bonds is 3. The van der Waals surface area contributed by atoms with Crippen LogP contribution in [0, 0.1) is 11.7 Å². The molecule has 1 saturated carbocycles. The average Bonchev–Trinajstić information content (AvgIpc) is 2.98. The van der Waals surface area contributed by atoms with Crippen LogP contribution in [0.3, 0.4) is 0 Å². The van der Waals surface area contributed by atoms with E-state index in [1.54, 1.807) is 12.3 Å². The second-order valence-corrected chi connectivity index (χ2v) is 6.61. The number of benzene rings is 1. The molecule has 1 aliphatic carbocycles. The summed E-state index contributed by atoms with van der Waals surface area (Å²) in [6, 6.07) is 6.45. The minimum Gasteiger partial charge on any atom is -0.352 e. The van der Waals surface area contributed by atoms with Crippen LogP contribution in [0.2, 0.25) is 0 Å². The van der Waals surface area contributed by atoms with Gasteiger partial charge in [-0.3, -0.25) is 4.79 Å². The fourth-order valence-electron chi connectivity index (χ4n) is 3.69. The van der Waals surface area contributed by atoms with Crippen molar-refractivity contribution in [3.63, 3.8) is 0 Å². The number of halogens is 1. The lowest BCUT2D eigenvalue weighted by Gasteiger charge is -2.21. The number of fused-ring (bicyclic) bond motifs is 3. The minimum atomic E-state index is -0.301. The van der Waals surface area contributed by atoms with Gasteiger partial charge in [0.05, 0.1) is 5.52 Å². The Kier molecular flexibility index (Phi) is 3.92.